The monoisotopic (exact) mass is 278 g/mol. The molecule has 0 saturated carbocycles. The van der Waals surface area contributed by atoms with Crippen LogP contribution in [-0.4, -0.2) is 39.3 Å². The minimum atomic E-state index is -0.0426. The lowest BCUT2D eigenvalue weighted by atomic mass is 10.1. The molecule has 1 atom stereocenters. The van der Waals surface area contributed by atoms with Crippen molar-refractivity contribution in [2.45, 2.75) is 12.8 Å². The number of carbonyl (C=O) groups excluding carboxylic acids is 1. The van der Waals surface area contributed by atoms with Crippen molar-refractivity contribution in [3.8, 4) is 5.75 Å². The zero-order valence-corrected chi connectivity index (χ0v) is 11.9. The molecule has 1 aliphatic heterocycles. The Kier molecular flexibility index (Phi) is 5.38. The van der Waals surface area contributed by atoms with Gasteiger partial charge in [0.25, 0.3) is 0 Å². The van der Waals surface area contributed by atoms with Crippen LogP contribution in [0.25, 0.3) is 0 Å². The molecule has 1 heterocycles. The van der Waals surface area contributed by atoms with Crippen molar-refractivity contribution in [2.24, 2.45) is 11.7 Å². The number of amides is 1. The third-order valence-corrected chi connectivity index (χ3v) is 3.50. The van der Waals surface area contributed by atoms with Crippen LogP contribution < -0.4 is 15.4 Å². The normalized spacial score (nSPS) is 18.0. The van der Waals surface area contributed by atoms with Gasteiger partial charge in [0.05, 0.1) is 19.6 Å². The van der Waals surface area contributed by atoms with Crippen LogP contribution in [0, 0.1) is 5.92 Å². The number of rotatable bonds is 6. The van der Waals surface area contributed by atoms with Crippen molar-refractivity contribution in [1.29, 1.82) is 0 Å². The Morgan fingerprint density at radius 3 is 3.05 bits per heavy atom. The number of hydrogen-bond donors (Lipinski definition) is 1. The quantitative estimate of drug-likeness (QED) is 0.854. The Hall–Kier alpha value is -1.59. The summed E-state index contributed by atoms with van der Waals surface area (Å²) in [5.74, 6) is 0.818. The van der Waals surface area contributed by atoms with Gasteiger partial charge in [0, 0.05) is 24.9 Å². The van der Waals surface area contributed by atoms with Gasteiger partial charge in [-0.15, -0.1) is 0 Å². The van der Waals surface area contributed by atoms with E-state index in [4.69, 9.17) is 15.2 Å². The Balaban J connectivity index is 2.18. The largest absolute Gasteiger partial charge is 0.497 e. The van der Waals surface area contributed by atoms with Crippen molar-refractivity contribution in [3.05, 3.63) is 24.3 Å². The zero-order chi connectivity index (χ0) is 14.4. The summed E-state index contributed by atoms with van der Waals surface area (Å²) >= 11 is 0. The van der Waals surface area contributed by atoms with E-state index in [1.165, 1.54) is 0 Å². The third-order valence-electron chi connectivity index (χ3n) is 3.50. The summed E-state index contributed by atoms with van der Waals surface area (Å²) in [5, 5.41) is 0. The van der Waals surface area contributed by atoms with Gasteiger partial charge in [-0.2, -0.15) is 0 Å². The number of nitrogens with two attached hydrogens (primary N) is 1. The van der Waals surface area contributed by atoms with Crippen molar-refractivity contribution in [1.82, 2.24) is 0 Å². The van der Waals surface area contributed by atoms with Gasteiger partial charge < -0.3 is 20.1 Å². The predicted octanol–water partition coefficient (Wildman–Crippen LogP) is 1.41. The number of nitrogens with zero attached hydrogens (tertiary/aromatic N) is 1. The first-order chi connectivity index (χ1) is 9.76. The highest BCUT2D eigenvalue weighted by molar-refractivity contribution is 5.95. The van der Waals surface area contributed by atoms with Crippen molar-refractivity contribution in [3.63, 3.8) is 0 Å². The fraction of sp³-hybridized carbons (Fsp3) is 0.533. The molecule has 0 radical (unpaired) electrons. The van der Waals surface area contributed by atoms with Crippen molar-refractivity contribution in [2.75, 3.05) is 38.3 Å². The Morgan fingerprint density at radius 2 is 2.40 bits per heavy atom. The van der Waals surface area contributed by atoms with E-state index in [2.05, 4.69) is 0 Å². The van der Waals surface area contributed by atoms with Crippen molar-refractivity contribution >= 4 is 11.6 Å². The van der Waals surface area contributed by atoms with Gasteiger partial charge in [0.1, 0.15) is 5.75 Å². The summed E-state index contributed by atoms with van der Waals surface area (Å²) in [7, 11) is 1.62. The van der Waals surface area contributed by atoms with E-state index in [0.29, 0.717) is 26.3 Å². The molecule has 1 aromatic rings. The Bertz CT molecular complexity index is 444. The fourth-order valence-corrected chi connectivity index (χ4v) is 2.34. The molecule has 1 aromatic carbocycles. The number of anilines is 1. The Labute approximate surface area is 119 Å². The third kappa shape index (κ3) is 3.49. The van der Waals surface area contributed by atoms with Crippen LogP contribution in [0.1, 0.15) is 12.8 Å². The van der Waals surface area contributed by atoms with Gasteiger partial charge >= 0.3 is 0 Å². The van der Waals surface area contributed by atoms with E-state index in [9.17, 15) is 4.79 Å². The minimum Gasteiger partial charge on any atom is -0.497 e. The van der Waals surface area contributed by atoms with Crippen LogP contribution in [0.15, 0.2) is 24.3 Å². The molecular formula is C15H22N2O3. The summed E-state index contributed by atoms with van der Waals surface area (Å²) in [5.41, 5.74) is 6.43. The second-order valence-corrected chi connectivity index (χ2v) is 4.89. The van der Waals surface area contributed by atoms with Gasteiger partial charge in [-0.1, -0.05) is 6.07 Å². The molecule has 0 spiro atoms. The molecule has 20 heavy (non-hydrogen) atoms. The van der Waals surface area contributed by atoms with Crippen LogP contribution in [0.4, 0.5) is 5.69 Å². The summed E-state index contributed by atoms with van der Waals surface area (Å²) in [6.07, 6.45) is 1.57. The average molecular weight is 278 g/mol. The van der Waals surface area contributed by atoms with Crippen LogP contribution >= 0.6 is 0 Å². The maximum atomic E-state index is 12.6. The maximum Gasteiger partial charge on any atom is 0.232 e. The molecule has 0 bridgehead atoms. The molecule has 5 heteroatoms. The highest BCUT2D eigenvalue weighted by atomic mass is 16.5. The molecule has 0 aromatic heterocycles. The number of benzene rings is 1. The molecular weight excluding hydrogens is 256 g/mol. The SMILES string of the molecule is COc1cccc(N(CCCN)C(=O)C2CCOC2)c1. The molecule has 2 rings (SSSR count). The second-order valence-electron chi connectivity index (χ2n) is 4.89. The lowest BCUT2D eigenvalue weighted by Gasteiger charge is -2.25. The molecule has 0 aliphatic carbocycles. The van der Waals surface area contributed by atoms with Gasteiger partial charge in [-0.05, 0) is 31.5 Å². The van der Waals surface area contributed by atoms with E-state index < -0.39 is 0 Å². The first kappa shape index (κ1) is 14.8. The zero-order valence-electron chi connectivity index (χ0n) is 11.9. The van der Waals surface area contributed by atoms with E-state index in [1.807, 2.05) is 24.3 Å². The van der Waals surface area contributed by atoms with Gasteiger partial charge in [0.15, 0.2) is 0 Å². The van der Waals surface area contributed by atoms with Crippen LogP contribution in [0.3, 0.4) is 0 Å². The van der Waals surface area contributed by atoms with E-state index in [-0.39, 0.29) is 11.8 Å². The van der Waals surface area contributed by atoms with E-state index in [0.717, 1.165) is 24.3 Å². The lowest BCUT2D eigenvalue weighted by molar-refractivity contribution is -0.122. The molecule has 1 saturated heterocycles. The molecule has 1 fully saturated rings. The number of carbonyl (C=O) groups is 1. The topological polar surface area (TPSA) is 64.8 Å². The molecule has 2 N–H and O–H groups in total. The van der Waals surface area contributed by atoms with Crippen LogP contribution in [-0.2, 0) is 9.53 Å². The smallest absolute Gasteiger partial charge is 0.232 e. The van der Waals surface area contributed by atoms with E-state index in [1.54, 1.807) is 12.0 Å². The molecule has 5 nitrogen and oxygen atoms in total. The fourth-order valence-electron chi connectivity index (χ4n) is 2.34. The highest BCUT2D eigenvalue weighted by Crippen LogP contribution is 2.25. The molecule has 1 aliphatic rings. The minimum absolute atomic E-state index is 0.0426. The lowest BCUT2D eigenvalue weighted by Crippen LogP contribution is -2.38. The maximum absolute atomic E-state index is 12.6. The summed E-state index contributed by atoms with van der Waals surface area (Å²) in [4.78, 5) is 14.4. The Morgan fingerprint density at radius 1 is 1.55 bits per heavy atom. The first-order valence-corrected chi connectivity index (χ1v) is 6.99. The summed E-state index contributed by atoms with van der Waals surface area (Å²) < 4.78 is 10.5. The first-order valence-electron chi connectivity index (χ1n) is 6.99. The highest BCUT2D eigenvalue weighted by Gasteiger charge is 2.28. The van der Waals surface area contributed by atoms with E-state index >= 15 is 0 Å². The van der Waals surface area contributed by atoms with Crippen molar-refractivity contribution < 1.29 is 14.3 Å². The predicted molar refractivity (Wildman–Crippen MR) is 77.9 cm³/mol. The summed E-state index contributed by atoms with van der Waals surface area (Å²) in [6, 6.07) is 7.56. The average Bonchev–Trinajstić information content (AvgIpc) is 3.02. The standard InChI is InChI=1S/C15H22N2O3/c1-19-14-5-2-4-13(10-14)17(8-3-7-16)15(18)12-6-9-20-11-12/h2,4-5,10,12H,3,6-9,11,16H2,1H3. The van der Waals surface area contributed by atoms with Gasteiger partial charge in [-0.3, -0.25) is 4.79 Å². The number of ether oxygens (including phenoxy) is 2. The second kappa shape index (κ2) is 7.26. The number of hydrogen-bond acceptors (Lipinski definition) is 4. The van der Waals surface area contributed by atoms with Gasteiger partial charge in [0.2, 0.25) is 5.91 Å². The summed E-state index contributed by atoms with van der Waals surface area (Å²) in [6.45, 7) is 2.37. The number of methoxy groups -OCH3 is 1. The molecule has 110 valence electrons. The molecule has 1 unspecified atom stereocenters. The van der Waals surface area contributed by atoms with Crippen LogP contribution in [0.2, 0.25) is 0 Å². The van der Waals surface area contributed by atoms with Crippen LogP contribution in [0.5, 0.6) is 5.75 Å². The molecule has 1 amide bonds. The van der Waals surface area contributed by atoms with Gasteiger partial charge in [-0.25, -0.2) is 0 Å².